The van der Waals surface area contributed by atoms with Crippen LogP contribution in [-0.4, -0.2) is 59.0 Å². The Hall–Kier alpha value is -3.20. The molecule has 1 aromatic heterocycles. The van der Waals surface area contributed by atoms with Crippen molar-refractivity contribution in [3.63, 3.8) is 0 Å². The third-order valence-corrected chi connectivity index (χ3v) is 4.41. The van der Waals surface area contributed by atoms with Crippen LogP contribution in [-0.2, 0) is 6.54 Å². The molecule has 1 aliphatic heterocycles. The molecule has 1 N–H and O–H groups in total. The highest BCUT2D eigenvalue weighted by Gasteiger charge is 2.22. The average molecular weight is 371 g/mol. The molecule has 142 valence electrons. The Morgan fingerprint density at radius 2 is 2.04 bits per heavy atom. The maximum atomic E-state index is 12.5. The lowest BCUT2D eigenvalue weighted by molar-refractivity contribution is -0.384. The summed E-state index contributed by atoms with van der Waals surface area (Å²) in [5.74, 6) is 0.256. The molecule has 27 heavy (non-hydrogen) atoms. The van der Waals surface area contributed by atoms with E-state index in [2.05, 4.69) is 15.2 Å². The molecule has 2 amide bonds. The number of amides is 2. The second-order valence-electron chi connectivity index (χ2n) is 6.16. The summed E-state index contributed by atoms with van der Waals surface area (Å²) in [6.45, 7) is 3.44. The molecule has 0 bridgehead atoms. The number of carbonyl (C=O) groups excluding carboxylic acids is 1. The topological polar surface area (TPSA) is 101 Å². The van der Waals surface area contributed by atoms with E-state index >= 15 is 0 Å². The average Bonchev–Trinajstić information content (AvgIpc) is 2.69. The monoisotopic (exact) mass is 371 g/mol. The summed E-state index contributed by atoms with van der Waals surface area (Å²) in [5.41, 5.74) is 1.32. The van der Waals surface area contributed by atoms with E-state index in [1.54, 1.807) is 11.1 Å². The number of benzene rings is 1. The number of methoxy groups -OCH3 is 1. The lowest BCUT2D eigenvalue weighted by atomic mass is 10.2. The van der Waals surface area contributed by atoms with E-state index in [-0.39, 0.29) is 17.5 Å². The van der Waals surface area contributed by atoms with Gasteiger partial charge in [-0.15, -0.1) is 0 Å². The van der Waals surface area contributed by atoms with Crippen LogP contribution in [0.15, 0.2) is 42.6 Å². The van der Waals surface area contributed by atoms with Crippen LogP contribution >= 0.6 is 0 Å². The smallest absolute Gasteiger partial charge is 0.322 e. The lowest BCUT2D eigenvalue weighted by Gasteiger charge is -2.34. The van der Waals surface area contributed by atoms with Crippen LogP contribution in [0.25, 0.3) is 0 Å². The molecule has 2 aromatic rings. The van der Waals surface area contributed by atoms with Crippen molar-refractivity contribution in [1.29, 1.82) is 0 Å². The zero-order chi connectivity index (χ0) is 19.2. The van der Waals surface area contributed by atoms with Crippen molar-refractivity contribution in [3.05, 3.63) is 58.4 Å². The molecule has 0 unspecified atom stereocenters. The number of aromatic nitrogens is 1. The minimum atomic E-state index is -0.505. The zero-order valence-electron chi connectivity index (χ0n) is 15.0. The molecule has 9 nitrogen and oxygen atoms in total. The molecule has 0 saturated carbocycles. The Balaban J connectivity index is 1.56. The van der Waals surface area contributed by atoms with Gasteiger partial charge in [0.1, 0.15) is 5.75 Å². The fourth-order valence-electron chi connectivity index (χ4n) is 2.92. The molecule has 9 heteroatoms. The number of nitro benzene ring substituents is 1. The summed E-state index contributed by atoms with van der Waals surface area (Å²) < 4.78 is 5.15. The van der Waals surface area contributed by atoms with Crippen molar-refractivity contribution >= 4 is 17.4 Å². The number of pyridine rings is 1. The molecule has 0 radical (unpaired) electrons. The SMILES string of the molecule is COc1cc([N+](=O)[O-])ccc1NC(=O)N1CCN(Cc2ccccn2)CC1. The highest BCUT2D eigenvalue weighted by atomic mass is 16.6. The van der Waals surface area contributed by atoms with E-state index < -0.39 is 4.92 Å². The summed E-state index contributed by atoms with van der Waals surface area (Å²) in [7, 11) is 1.41. The normalized spacial score (nSPS) is 14.6. The van der Waals surface area contributed by atoms with Crippen molar-refractivity contribution in [2.45, 2.75) is 6.54 Å². The van der Waals surface area contributed by atoms with Crippen molar-refractivity contribution in [1.82, 2.24) is 14.8 Å². The van der Waals surface area contributed by atoms with Crippen molar-refractivity contribution < 1.29 is 14.5 Å². The van der Waals surface area contributed by atoms with Crippen LogP contribution in [0, 0.1) is 10.1 Å². The Morgan fingerprint density at radius 1 is 1.26 bits per heavy atom. The number of anilines is 1. The van der Waals surface area contributed by atoms with Gasteiger partial charge in [0.05, 0.1) is 29.5 Å². The number of hydrogen-bond donors (Lipinski definition) is 1. The molecule has 1 fully saturated rings. The number of nitrogens with zero attached hydrogens (tertiary/aromatic N) is 4. The van der Waals surface area contributed by atoms with Crippen LogP contribution in [0.2, 0.25) is 0 Å². The highest BCUT2D eigenvalue weighted by molar-refractivity contribution is 5.91. The second-order valence-corrected chi connectivity index (χ2v) is 6.16. The Morgan fingerprint density at radius 3 is 2.67 bits per heavy atom. The van der Waals surface area contributed by atoms with Gasteiger partial charge in [0.25, 0.3) is 5.69 Å². The Bertz CT molecular complexity index is 807. The fraction of sp³-hybridized carbons (Fsp3) is 0.333. The Kier molecular flexibility index (Phi) is 5.82. The number of hydrogen-bond acceptors (Lipinski definition) is 6. The van der Waals surface area contributed by atoms with E-state index in [9.17, 15) is 14.9 Å². The quantitative estimate of drug-likeness (QED) is 0.640. The van der Waals surface area contributed by atoms with Gasteiger partial charge in [0.2, 0.25) is 0 Å². The van der Waals surface area contributed by atoms with Gasteiger partial charge in [0.15, 0.2) is 0 Å². The third-order valence-electron chi connectivity index (χ3n) is 4.41. The van der Waals surface area contributed by atoms with Gasteiger partial charge in [0, 0.05) is 45.0 Å². The summed E-state index contributed by atoms with van der Waals surface area (Å²) in [6, 6.07) is 9.69. The van der Waals surface area contributed by atoms with Crippen LogP contribution < -0.4 is 10.1 Å². The van der Waals surface area contributed by atoms with Gasteiger partial charge in [-0.05, 0) is 18.2 Å². The first kappa shape index (κ1) is 18.6. The molecule has 0 spiro atoms. The summed E-state index contributed by atoms with van der Waals surface area (Å²) >= 11 is 0. The summed E-state index contributed by atoms with van der Waals surface area (Å²) in [6.07, 6.45) is 1.77. The molecule has 1 aromatic carbocycles. The Labute approximate surface area is 156 Å². The molecule has 1 aliphatic rings. The van der Waals surface area contributed by atoms with Gasteiger partial charge < -0.3 is 15.0 Å². The summed E-state index contributed by atoms with van der Waals surface area (Å²) in [4.78, 5) is 31.2. The molecule has 3 rings (SSSR count). The van der Waals surface area contributed by atoms with Gasteiger partial charge >= 0.3 is 6.03 Å². The van der Waals surface area contributed by atoms with Crippen LogP contribution in [0.5, 0.6) is 5.75 Å². The zero-order valence-corrected chi connectivity index (χ0v) is 15.0. The predicted molar refractivity (Wildman–Crippen MR) is 99.8 cm³/mol. The standard InChI is InChI=1S/C18H21N5O4/c1-27-17-12-15(23(25)26)5-6-16(17)20-18(24)22-10-8-21(9-11-22)13-14-4-2-3-7-19-14/h2-7,12H,8-11,13H2,1H3,(H,20,24). The first-order chi connectivity index (χ1) is 13.1. The lowest BCUT2D eigenvalue weighted by Crippen LogP contribution is -2.49. The molecular weight excluding hydrogens is 350 g/mol. The molecule has 0 aliphatic carbocycles. The number of ether oxygens (including phenoxy) is 1. The minimum absolute atomic E-state index is 0.0898. The first-order valence-electron chi connectivity index (χ1n) is 8.57. The second kappa shape index (κ2) is 8.45. The van der Waals surface area contributed by atoms with Gasteiger partial charge in [-0.2, -0.15) is 0 Å². The number of non-ortho nitro benzene ring substituents is 1. The van der Waals surface area contributed by atoms with Crippen LogP contribution in [0.4, 0.5) is 16.2 Å². The van der Waals surface area contributed by atoms with E-state index in [0.29, 0.717) is 18.8 Å². The summed E-state index contributed by atoms with van der Waals surface area (Å²) in [5, 5.41) is 13.6. The molecular formula is C18H21N5O4. The third kappa shape index (κ3) is 4.70. The minimum Gasteiger partial charge on any atom is -0.494 e. The van der Waals surface area contributed by atoms with Crippen molar-refractivity contribution in [3.8, 4) is 5.75 Å². The maximum absolute atomic E-state index is 12.5. The first-order valence-corrected chi connectivity index (χ1v) is 8.57. The van der Waals surface area contributed by atoms with Gasteiger partial charge in [-0.25, -0.2) is 4.79 Å². The number of nitro groups is 1. The van der Waals surface area contributed by atoms with Crippen LogP contribution in [0.3, 0.4) is 0 Å². The fourth-order valence-corrected chi connectivity index (χ4v) is 2.92. The van der Waals surface area contributed by atoms with Gasteiger partial charge in [-0.1, -0.05) is 6.07 Å². The van der Waals surface area contributed by atoms with E-state index in [1.807, 2.05) is 18.2 Å². The molecule has 0 atom stereocenters. The number of carbonyl (C=O) groups is 1. The number of rotatable bonds is 5. The number of piperazine rings is 1. The highest BCUT2D eigenvalue weighted by Crippen LogP contribution is 2.29. The van der Waals surface area contributed by atoms with Gasteiger partial charge in [-0.3, -0.25) is 20.0 Å². The largest absolute Gasteiger partial charge is 0.494 e. The van der Waals surface area contributed by atoms with E-state index in [4.69, 9.17) is 4.74 Å². The van der Waals surface area contributed by atoms with Crippen LogP contribution in [0.1, 0.15) is 5.69 Å². The predicted octanol–water partition coefficient (Wildman–Crippen LogP) is 2.35. The van der Waals surface area contributed by atoms with E-state index in [0.717, 1.165) is 25.3 Å². The number of urea groups is 1. The molecule has 1 saturated heterocycles. The molecule has 2 heterocycles. The maximum Gasteiger partial charge on any atom is 0.322 e. The van der Waals surface area contributed by atoms with Crippen molar-refractivity contribution in [2.75, 3.05) is 38.6 Å². The van der Waals surface area contributed by atoms with Crippen molar-refractivity contribution in [2.24, 2.45) is 0 Å². The number of nitrogens with one attached hydrogen (secondary N) is 1. The van der Waals surface area contributed by atoms with E-state index in [1.165, 1.54) is 25.3 Å².